The predicted molar refractivity (Wildman–Crippen MR) is 54.6 cm³/mol. The highest BCUT2D eigenvalue weighted by atomic mass is 32.2. The summed E-state index contributed by atoms with van der Waals surface area (Å²) in [5.41, 5.74) is 0. The molecule has 1 atom stereocenters. The second-order valence-corrected chi connectivity index (χ2v) is 5.75. The average molecular weight is 236 g/mol. The molecule has 1 rings (SSSR count). The molecule has 6 nitrogen and oxygen atoms in total. The molecule has 1 unspecified atom stereocenters. The summed E-state index contributed by atoms with van der Waals surface area (Å²) < 4.78 is 26.0. The molecular formula is C8H16N2O4S. The summed E-state index contributed by atoms with van der Waals surface area (Å²) in [4.78, 5) is 10.4. The third-order valence-electron chi connectivity index (χ3n) is 2.54. The van der Waals surface area contributed by atoms with E-state index in [2.05, 4.69) is 0 Å². The van der Waals surface area contributed by atoms with Crippen molar-refractivity contribution >= 4 is 16.2 Å². The summed E-state index contributed by atoms with van der Waals surface area (Å²) in [6.45, 7) is 1.82. The number of likely N-dealkylation sites (N-methyl/N-ethyl adjacent to an activating group) is 1. The van der Waals surface area contributed by atoms with Gasteiger partial charge in [-0.2, -0.15) is 17.0 Å². The van der Waals surface area contributed by atoms with Crippen LogP contribution in [0.1, 0.15) is 19.8 Å². The van der Waals surface area contributed by atoms with Crippen LogP contribution in [0.2, 0.25) is 0 Å². The van der Waals surface area contributed by atoms with Crippen LogP contribution in [0.25, 0.3) is 0 Å². The van der Waals surface area contributed by atoms with Gasteiger partial charge in [0, 0.05) is 19.6 Å². The van der Waals surface area contributed by atoms with Crippen molar-refractivity contribution in [3.05, 3.63) is 0 Å². The molecule has 1 N–H and O–H groups in total. The highest BCUT2D eigenvalue weighted by molar-refractivity contribution is 7.86. The first-order valence-electron chi connectivity index (χ1n) is 4.80. The third kappa shape index (κ3) is 2.67. The number of nitrogens with zero attached hydrogens (tertiary/aromatic N) is 2. The van der Waals surface area contributed by atoms with Gasteiger partial charge in [-0.25, -0.2) is 0 Å². The van der Waals surface area contributed by atoms with Gasteiger partial charge in [0.15, 0.2) is 0 Å². The smallest absolute Gasteiger partial charge is 0.318 e. The van der Waals surface area contributed by atoms with Crippen LogP contribution in [0.15, 0.2) is 0 Å². The van der Waals surface area contributed by atoms with E-state index in [1.165, 1.54) is 11.4 Å². The van der Waals surface area contributed by atoms with Gasteiger partial charge in [0.2, 0.25) is 0 Å². The molecule has 0 aromatic rings. The number of carboxylic acid groups (broad SMARTS) is 1. The minimum Gasteiger partial charge on any atom is -0.480 e. The van der Waals surface area contributed by atoms with Gasteiger partial charge in [0.1, 0.15) is 6.54 Å². The SMILES string of the molecule is CC1CCCN1S(=O)(=O)N(C)CC(=O)O. The second kappa shape index (κ2) is 4.46. The second-order valence-electron chi connectivity index (χ2n) is 3.76. The summed E-state index contributed by atoms with van der Waals surface area (Å²) in [6, 6.07) is -0.0359. The summed E-state index contributed by atoms with van der Waals surface area (Å²) in [5.74, 6) is -1.15. The zero-order chi connectivity index (χ0) is 11.6. The van der Waals surface area contributed by atoms with E-state index >= 15 is 0 Å². The Labute approximate surface area is 89.7 Å². The maximum atomic E-state index is 11.9. The lowest BCUT2D eigenvalue weighted by Crippen LogP contribution is -2.45. The number of rotatable bonds is 4. The van der Waals surface area contributed by atoms with Crippen molar-refractivity contribution in [2.45, 2.75) is 25.8 Å². The number of carboxylic acids is 1. The normalized spacial score (nSPS) is 23.5. The molecule has 1 fully saturated rings. The summed E-state index contributed by atoms with van der Waals surface area (Å²) >= 11 is 0. The first-order valence-corrected chi connectivity index (χ1v) is 6.20. The molecular weight excluding hydrogens is 220 g/mol. The zero-order valence-corrected chi connectivity index (χ0v) is 9.70. The molecule has 0 saturated carbocycles. The minimum atomic E-state index is -3.60. The molecule has 1 aliphatic heterocycles. The minimum absolute atomic E-state index is 0.0359. The van der Waals surface area contributed by atoms with E-state index in [9.17, 15) is 13.2 Å². The Morgan fingerprint density at radius 3 is 2.60 bits per heavy atom. The average Bonchev–Trinajstić information content (AvgIpc) is 2.50. The Hall–Kier alpha value is -0.660. The van der Waals surface area contributed by atoms with Gasteiger partial charge in [-0.3, -0.25) is 4.79 Å². The molecule has 15 heavy (non-hydrogen) atoms. The van der Waals surface area contributed by atoms with Crippen LogP contribution < -0.4 is 0 Å². The topological polar surface area (TPSA) is 77.9 Å². The molecule has 1 heterocycles. The maximum absolute atomic E-state index is 11.9. The molecule has 0 amide bonds. The molecule has 0 aliphatic carbocycles. The molecule has 0 radical (unpaired) electrons. The molecule has 88 valence electrons. The highest BCUT2D eigenvalue weighted by Crippen LogP contribution is 2.21. The Bertz CT molecular complexity index is 341. The Morgan fingerprint density at radius 2 is 2.20 bits per heavy atom. The predicted octanol–water partition coefficient (Wildman–Crippen LogP) is -0.268. The fourth-order valence-electron chi connectivity index (χ4n) is 1.70. The van der Waals surface area contributed by atoms with Gasteiger partial charge in [-0.05, 0) is 19.8 Å². The van der Waals surface area contributed by atoms with Crippen molar-refractivity contribution in [2.24, 2.45) is 0 Å². The number of aliphatic carboxylic acids is 1. The van der Waals surface area contributed by atoms with Gasteiger partial charge in [-0.15, -0.1) is 0 Å². The van der Waals surface area contributed by atoms with Crippen molar-refractivity contribution < 1.29 is 18.3 Å². The van der Waals surface area contributed by atoms with Crippen LogP contribution in [0, 0.1) is 0 Å². The van der Waals surface area contributed by atoms with E-state index in [4.69, 9.17) is 5.11 Å². The fourth-order valence-corrected chi connectivity index (χ4v) is 3.25. The van der Waals surface area contributed by atoms with E-state index in [1.807, 2.05) is 6.92 Å². The molecule has 0 aromatic heterocycles. The third-order valence-corrected chi connectivity index (χ3v) is 4.59. The van der Waals surface area contributed by atoms with Gasteiger partial charge in [0.05, 0.1) is 0 Å². The van der Waals surface area contributed by atoms with Crippen molar-refractivity contribution in [3.63, 3.8) is 0 Å². The molecule has 0 spiro atoms. The quantitative estimate of drug-likeness (QED) is 0.729. The molecule has 0 bridgehead atoms. The molecule has 1 saturated heterocycles. The first-order chi connectivity index (χ1) is 6.85. The molecule has 7 heteroatoms. The van der Waals surface area contributed by atoms with Gasteiger partial charge in [-0.1, -0.05) is 0 Å². The van der Waals surface area contributed by atoms with Crippen LogP contribution in [-0.2, 0) is 15.0 Å². The number of carbonyl (C=O) groups is 1. The number of hydrogen-bond donors (Lipinski definition) is 1. The maximum Gasteiger partial charge on any atom is 0.318 e. The van der Waals surface area contributed by atoms with Crippen LogP contribution in [0.5, 0.6) is 0 Å². The Kier molecular flexibility index (Phi) is 3.69. The van der Waals surface area contributed by atoms with Crippen LogP contribution in [0.4, 0.5) is 0 Å². The summed E-state index contributed by atoms with van der Waals surface area (Å²) in [5, 5.41) is 8.53. The van der Waals surface area contributed by atoms with Gasteiger partial charge >= 0.3 is 5.97 Å². The van der Waals surface area contributed by atoms with E-state index in [0.29, 0.717) is 6.54 Å². The van der Waals surface area contributed by atoms with Crippen molar-refractivity contribution in [2.75, 3.05) is 20.1 Å². The van der Waals surface area contributed by atoms with Crippen molar-refractivity contribution in [3.8, 4) is 0 Å². The first kappa shape index (κ1) is 12.4. The largest absolute Gasteiger partial charge is 0.480 e. The van der Waals surface area contributed by atoms with E-state index in [-0.39, 0.29) is 6.04 Å². The number of hydrogen-bond acceptors (Lipinski definition) is 3. The molecule has 1 aliphatic rings. The standard InChI is InChI=1S/C8H16N2O4S/c1-7-4-3-5-10(7)15(13,14)9(2)6-8(11)12/h7H,3-6H2,1-2H3,(H,11,12). The van der Waals surface area contributed by atoms with Gasteiger partial charge < -0.3 is 5.11 Å². The highest BCUT2D eigenvalue weighted by Gasteiger charge is 2.34. The van der Waals surface area contributed by atoms with Crippen LogP contribution in [0.3, 0.4) is 0 Å². The van der Waals surface area contributed by atoms with Crippen molar-refractivity contribution in [1.29, 1.82) is 0 Å². The molecule has 0 aromatic carbocycles. The van der Waals surface area contributed by atoms with E-state index < -0.39 is 22.7 Å². The Morgan fingerprint density at radius 1 is 1.60 bits per heavy atom. The summed E-state index contributed by atoms with van der Waals surface area (Å²) in [7, 11) is -2.31. The fraction of sp³-hybridized carbons (Fsp3) is 0.875. The summed E-state index contributed by atoms with van der Waals surface area (Å²) in [6.07, 6.45) is 1.67. The van der Waals surface area contributed by atoms with Crippen LogP contribution >= 0.6 is 0 Å². The zero-order valence-electron chi connectivity index (χ0n) is 8.88. The van der Waals surface area contributed by atoms with Crippen molar-refractivity contribution in [1.82, 2.24) is 8.61 Å². The Balaban J connectivity index is 2.77. The van der Waals surface area contributed by atoms with E-state index in [1.54, 1.807) is 0 Å². The lowest BCUT2D eigenvalue weighted by molar-refractivity contribution is -0.137. The van der Waals surface area contributed by atoms with Gasteiger partial charge in [0.25, 0.3) is 10.2 Å². The lowest BCUT2D eigenvalue weighted by Gasteiger charge is -2.25. The lowest BCUT2D eigenvalue weighted by atomic mass is 10.3. The monoisotopic (exact) mass is 236 g/mol. The van der Waals surface area contributed by atoms with E-state index in [0.717, 1.165) is 17.1 Å². The van der Waals surface area contributed by atoms with Crippen LogP contribution in [-0.4, -0.2) is 54.3 Å².